The van der Waals surface area contributed by atoms with Gasteiger partial charge in [0.25, 0.3) is 0 Å². The van der Waals surface area contributed by atoms with E-state index in [1.165, 1.54) is 46.6 Å². The highest BCUT2D eigenvalue weighted by molar-refractivity contribution is 7.99. The van der Waals surface area contributed by atoms with Crippen molar-refractivity contribution >= 4 is 17.7 Å². The van der Waals surface area contributed by atoms with Gasteiger partial charge in [-0.25, -0.2) is 0 Å². The number of carboxylic acid groups (broad SMARTS) is 1. The predicted molar refractivity (Wildman–Crippen MR) is 146 cm³/mol. The Morgan fingerprint density at radius 2 is 1.58 bits per heavy atom. The standard InChI is InChI=1S/C31H34O4S/c32-31(33)13-7-22-5-9-27(10-6-22)34-21-24-4-8-25-2-1-3-26-19-28(11-12-29(26)30(25)18-24)35-20-23-14-16-36-17-15-23/h4-6,8-12,18-19,23H,1-3,7,13-17,20-21H2,(H,32,33). The molecule has 188 valence electrons. The van der Waals surface area contributed by atoms with E-state index in [0.717, 1.165) is 48.5 Å². The van der Waals surface area contributed by atoms with Crippen LogP contribution >= 0.6 is 11.8 Å². The van der Waals surface area contributed by atoms with Crippen LogP contribution in [0.3, 0.4) is 0 Å². The van der Waals surface area contributed by atoms with E-state index < -0.39 is 5.97 Å². The average Bonchev–Trinajstić information content (AvgIpc) is 3.09. The summed E-state index contributed by atoms with van der Waals surface area (Å²) in [6.07, 6.45) is 6.51. The number of benzene rings is 3. The van der Waals surface area contributed by atoms with E-state index >= 15 is 0 Å². The number of aryl methyl sites for hydroxylation is 3. The van der Waals surface area contributed by atoms with Gasteiger partial charge in [0.15, 0.2) is 0 Å². The zero-order valence-electron chi connectivity index (χ0n) is 20.7. The lowest BCUT2D eigenvalue weighted by Crippen LogP contribution is -2.17. The molecule has 0 radical (unpaired) electrons. The molecule has 0 saturated carbocycles. The first-order valence-corrected chi connectivity index (χ1v) is 14.2. The summed E-state index contributed by atoms with van der Waals surface area (Å²) < 4.78 is 12.3. The van der Waals surface area contributed by atoms with Crippen molar-refractivity contribution in [2.75, 3.05) is 18.1 Å². The van der Waals surface area contributed by atoms with Gasteiger partial charge in [-0.3, -0.25) is 4.79 Å². The third-order valence-electron chi connectivity index (χ3n) is 7.22. The van der Waals surface area contributed by atoms with E-state index in [1.807, 2.05) is 24.3 Å². The van der Waals surface area contributed by atoms with Crippen LogP contribution < -0.4 is 9.47 Å². The Labute approximate surface area is 218 Å². The SMILES string of the molecule is O=C(O)CCc1ccc(OCc2ccc3c(c2)-c2ccc(OCC4CCSCC4)cc2CCC3)cc1. The molecule has 0 spiro atoms. The summed E-state index contributed by atoms with van der Waals surface area (Å²) >= 11 is 2.06. The van der Waals surface area contributed by atoms with E-state index in [1.54, 1.807) is 0 Å². The fourth-order valence-electron chi connectivity index (χ4n) is 5.08. The minimum atomic E-state index is -0.775. The number of hydrogen-bond acceptors (Lipinski definition) is 4. The topological polar surface area (TPSA) is 55.8 Å². The highest BCUT2D eigenvalue weighted by atomic mass is 32.2. The molecular formula is C31H34O4S. The van der Waals surface area contributed by atoms with Crippen molar-refractivity contribution < 1.29 is 19.4 Å². The summed E-state index contributed by atoms with van der Waals surface area (Å²) in [5, 5.41) is 8.86. The molecule has 0 amide bonds. The Bertz CT molecular complexity index is 1180. The Kier molecular flexibility index (Phi) is 8.17. The van der Waals surface area contributed by atoms with Gasteiger partial charge in [-0.05, 0) is 120 Å². The first-order chi connectivity index (χ1) is 17.6. The number of ether oxygens (including phenoxy) is 2. The maximum atomic E-state index is 10.8. The van der Waals surface area contributed by atoms with E-state index in [-0.39, 0.29) is 6.42 Å². The van der Waals surface area contributed by atoms with Gasteiger partial charge in [-0.15, -0.1) is 0 Å². The predicted octanol–water partition coefficient (Wildman–Crippen LogP) is 6.96. The van der Waals surface area contributed by atoms with Crippen LogP contribution in [0, 0.1) is 5.92 Å². The van der Waals surface area contributed by atoms with Crippen molar-refractivity contribution in [2.45, 2.75) is 51.6 Å². The molecule has 1 aliphatic carbocycles. The van der Waals surface area contributed by atoms with Crippen LogP contribution in [0.4, 0.5) is 0 Å². The zero-order chi connectivity index (χ0) is 24.7. The van der Waals surface area contributed by atoms with Crippen molar-refractivity contribution in [1.29, 1.82) is 0 Å². The maximum absolute atomic E-state index is 10.8. The fraction of sp³-hybridized carbons (Fsp3) is 0.387. The molecule has 0 bridgehead atoms. The lowest BCUT2D eigenvalue weighted by atomic mass is 9.95. The largest absolute Gasteiger partial charge is 0.493 e. The van der Waals surface area contributed by atoms with Crippen molar-refractivity contribution in [3.8, 4) is 22.6 Å². The summed E-state index contributed by atoms with van der Waals surface area (Å²) in [4.78, 5) is 10.8. The summed E-state index contributed by atoms with van der Waals surface area (Å²) in [5.41, 5.74) is 7.55. The van der Waals surface area contributed by atoms with Gasteiger partial charge in [-0.2, -0.15) is 11.8 Å². The molecule has 1 saturated heterocycles. The molecule has 2 aliphatic rings. The molecule has 4 nitrogen and oxygen atoms in total. The average molecular weight is 503 g/mol. The highest BCUT2D eigenvalue weighted by Crippen LogP contribution is 2.36. The van der Waals surface area contributed by atoms with Gasteiger partial charge in [0, 0.05) is 6.42 Å². The molecule has 0 atom stereocenters. The van der Waals surface area contributed by atoms with Gasteiger partial charge in [-0.1, -0.05) is 30.3 Å². The van der Waals surface area contributed by atoms with E-state index in [2.05, 4.69) is 48.2 Å². The van der Waals surface area contributed by atoms with Gasteiger partial charge < -0.3 is 14.6 Å². The molecule has 36 heavy (non-hydrogen) atoms. The van der Waals surface area contributed by atoms with Crippen LogP contribution in [-0.4, -0.2) is 29.2 Å². The summed E-state index contributed by atoms with van der Waals surface area (Å²) in [7, 11) is 0. The summed E-state index contributed by atoms with van der Waals surface area (Å²) in [6, 6.07) is 21.1. The Balaban J connectivity index is 1.25. The molecule has 1 heterocycles. The Hall–Kier alpha value is -2.92. The number of carbonyl (C=O) groups is 1. The van der Waals surface area contributed by atoms with E-state index in [4.69, 9.17) is 14.6 Å². The van der Waals surface area contributed by atoms with Crippen molar-refractivity contribution in [3.05, 3.63) is 82.9 Å². The number of fused-ring (bicyclic) bond motifs is 3. The molecule has 3 aromatic rings. The molecule has 5 rings (SSSR count). The van der Waals surface area contributed by atoms with Crippen LogP contribution in [0.1, 0.15) is 47.9 Å². The second-order valence-electron chi connectivity index (χ2n) is 9.86. The quantitative estimate of drug-likeness (QED) is 0.343. The van der Waals surface area contributed by atoms with Crippen LogP contribution in [0.5, 0.6) is 11.5 Å². The third kappa shape index (κ3) is 6.44. The smallest absolute Gasteiger partial charge is 0.303 e. The molecule has 0 unspecified atom stereocenters. The highest BCUT2D eigenvalue weighted by Gasteiger charge is 2.18. The molecule has 0 aromatic heterocycles. The molecule has 3 aromatic carbocycles. The van der Waals surface area contributed by atoms with E-state index in [0.29, 0.717) is 18.9 Å². The monoisotopic (exact) mass is 502 g/mol. The number of hydrogen-bond donors (Lipinski definition) is 1. The van der Waals surface area contributed by atoms with Crippen LogP contribution in [0.25, 0.3) is 11.1 Å². The van der Waals surface area contributed by atoms with Gasteiger partial charge in [0.1, 0.15) is 18.1 Å². The van der Waals surface area contributed by atoms with Gasteiger partial charge in [0.2, 0.25) is 0 Å². The summed E-state index contributed by atoms with van der Waals surface area (Å²) in [5.74, 6) is 4.24. The third-order valence-corrected chi connectivity index (χ3v) is 8.27. The van der Waals surface area contributed by atoms with Crippen LogP contribution in [0.15, 0.2) is 60.7 Å². The van der Waals surface area contributed by atoms with Crippen LogP contribution in [-0.2, 0) is 30.7 Å². The van der Waals surface area contributed by atoms with Gasteiger partial charge >= 0.3 is 5.97 Å². The molecule has 1 N–H and O–H groups in total. The fourth-order valence-corrected chi connectivity index (χ4v) is 6.28. The van der Waals surface area contributed by atoms with Crippen molar-refractivity contribution in [3.63, 3.8) is 0 Å². The lowest BCUT2D eigenvalue weighted by molar-refractivity contribution is -0.136. The Morgan fingerprint density at radius 1 is 0.833 bits per heavy atom. The lowest BCUT2D eigenvalue weighted by Gasteiger charge is -2.22. The number of aliphatic carboxylic acids is 1. The molecule has 1 fully saturated rings. The van der Waals surface area contributed by atoms with Crippen molar-refractivity contribution in [2.24, 2.45) is 5.92 Å². The number of thioether (sulfide) groups is 1. The first kappa shape index (κ1) is 24.8. The van der Waals surface area contributed by atoms with Gasteiger partial charge in [0.05, 0.1) is 6.61 Å². The summed E-state index contributed by atoms with van der Waals surface area (Å²) in [6.45, 7) is 1.33. The maximum Gasteiger partial charge on any atom is 0.303 e. The normalized spacial score (nSPS) is 15.4. The first-order valence-electron chi connectivity index (χ1n) is 13.0. The minimum Gasteiger partial charge on any atom is -0.493 e. The zero-order valence-corrected chi connectivity index (χ0v) is 21.5. The minimum absolute atomic E-state index is 0.143. The number of rotatable bonds is 9. The second kappa shape index (κ2) is 11.9. The second-order valence-corrected chi connectivity index (χ2v) is 11.1. The Morgan fingerprint density at radius 3 is 2.39 bits per heavy atom. The molecular weight excluding hydrogens is 468 g/mol. The molecule has 5 heteroatoms. The molecule has 1 aliphatic heterocycles. The van der Waals surface area contributed by atoms with E-state index in [9.17, 15) is 4.79 Å². The van der Waals surface area contributed by atoms with Crippen molar-refractivity contribution in [1.82, 2.24) is 0 Å². The number of carboxylic acids is 1. The van der Waals surface area contributed by atoms with Crippen LogP contribution in [0.2, 0.25) is 0 Å².